The number of hydrogen-bond acceptors (Lipinski definition) is 2. The van der Waals surface area contributed by atoms with E-state index in [4.69, 9.17) is 32.1 Å². The molecule has 10 aromatic carbocycles. The van der Waals surface area contributed by atoms with Crippen LogP contribution in [0.4, 0.5) is 0 Å². The Hall–Kier alpha value is -7.16. The molecule has 0 saturated carbocycles. The van der Waals surface area contributed by atoms with E-state index in [1.165, 1.54) is 0 Å². The van der Waals surface area contributed by atoms with E-state index in [1.54, 1.807) is 0 Å². The summed E-state index contributed by atoms with van der Waals surface area (Å²) in [6, 6.07) is -27.9. The van der Waals surface area contributed by atoms with Crippen molar-refractivity contribution >= 4 is 87.0 Å². The van der Waals surface area contributed by atoms with Crippen molar-refractivity contribution in [1.82, 2.24) is 0 Å². The van der Waals surface area contributed by atoms with E-state index in [0.717, 1.165) is 0 Å². The third-order valence-electron chi connectivity index (χ3n) is 9.21. The Labute approximate surface area is 352 Å². The fraction of sp³-hybridized carbons (Fsp3) is 0. The van der Waals surface area contributed by atoms with Crippen molar-refractivity contribution in [1.29, 1.82) is 0 Å². The normalized spacial score (nSPS) is 19.9. The van der Waals surface area contributed by atoms with Crippen molar-refractivity contribution in [3.05, 3.63) is 181 Å². The van der Waals surface area contributed by atoms with Gasteiger partial charge in [0.2, 0.25) is 0 Å². The highest BCUT2D eigenvalue weighted by Crippen LogP contribution is 2.47. The largest absolute Gasteiger partial charge is 0.456 e. The standard InChI is InChI=1S/C52H30O2/c1-2-12-32-29-34(22-21-31(32)11-1)49-38-15-5-7-17-40(38)50(41-18-8-6-16-39(41)49)42-26-25-35(36-13-3-4-14-37(36)42)33-23-24-44-48(30-33)54-47-28-27-46-51(52(44)47)43-19-9-10-20-45(43)53-46/h1-30H/i1D,2D,3D,4D,5D,6D,7D,8D,9D,10D,11D,12D,13D,14D,15D,16D,17D,18D,19D,20D,21D,22D,23D,24D,25D,26D,27D,28D,29D,30D. The highest BCUT2D eigenvalue weighted by Gasteiger charge is 2.20. The molecule has 0 fully saturated rings. The van der Waals surface area contributed by atoms with Gasteiger partial charge in [-0.15, -0.1) is 0 Å². The number of para-hydroxylation sites is 1. The molecule has 0 atom stereocenters. The zero-order chi connectivity index (χ0) is 61.4. The quantitative estimate of drug-likeness (QED) is 0.170. The van der Waals surface area contributed by atoms with Crippen molar-refractivity contribution in [2.24, 2.45) is 0 Å². The van der Waals surface area contributed by atoms with Crippen LogP contribution < -0.4 is 0 Å². The van der Waals surface area contributed by atoms with Crippen LogP contribution in [0, 0.1) is 0 Å². The zero-order valence-corrected chi connectivity index (χ0v) is 26.8. The molecule has 0 unspecified atom stereocenters. The van der Waals surface area contributed by atoms with Crippen molar-refractivity contribution < 1.29 is 50.0 Å². The molecular formula is C52H30O2. The predicted octanol–water partition coefficient (Wildman–Crippen LogP) is 15.1. The van der Waals surface area contributed by atoms with Gasteiger partial charge in [-0.1, -0.05) is 145 Å². The van der Waals surface area contributed by atoms with Crippen molar-refractivity contribution in [2.75, 3.05) is 0 Å². The molecule has 12 aromatic rings. The maximum Gasteiger partial charge on any atom is 0.136 e. The predicted molar refractivity (Wildman–Crippen MR) is 227 cm³/mol. The second-order valence-corrected chi connectivity index (χ2v) is 12.0. The molecule has 0 radical (unpaired) electrons. The molecule has 2 nitrogen and oxygen atoms in total. The topological polar surface area (TPSA) is 26.3 Å². The molecule has 2 heteroatoms. The van der Waals surface area contributed by atoms with Crippen molar-refractivity contribution in [2.45, 2.75) is 0 Å². The van der Waals surface area contributed by atoms with Gasteiger partial charge in [0.1, 0.15) is 22.3 Å². The molecule has 0 N–H and O–H groups in total. The van der Waals surface area contributed by atoms with Gasteiger partial charge in [-0.2, -0.15) is 0 Å². The van der Waals surface area contributed by atoms with Crippen LogP contribution in [0.15, 0.2) is 190 Å². The lowest BCUT2D eigenvalue weighted by molar-refractivity contribution is 0.663. The summed E-state index contributed by atoms with van der Waals surface area (Å²) in [6.07, 6.45) is 0. The van der Waals surface area contributed by atoms with E-state index in [0.29, 0.717) is 0 Å². The van der Waals surface area contributed by atoms with E-state index >= 15 is 0 Å². The number of benzene rings is 10. The molecule has 0 aliphatic heterocycles. The van der Waals surface area contributed by atoms with Crippen LogP contribution in [0.2, 0.25) is 0 Å². The summed E-state index contributed by atoms with van der Waals surface area (Å²) in [5, 5.41) is -7.32. The van der Waals surface area contributed by atoms with E-state index in [-0.39, 0.29) is 16.2 Å². The average Bonchev–Trinajstić information content (AvgIpc) is 1.38. The van der Waals surface area contributed by atoms with E-state index in [9.17, 15) is 17.8 Å². The first-order valence-electron chi connectivity index (χ1n) is 31.1. The van der Waals surface area contributed by atoms with Gasteiger partial charge in [0.25, 0.3) is 0 Å². The van der Waals surface area contributed by atoms with Crippen LogP contribution in [0.3, 0.4) is 0 Å². The molecule has 0 spiro atoms. The molecule has 0 aliphatic carbocycles. The summed E-state index contributed by atoms with van der Waals surface area (Å²) in [6.45, 7) is 0. The molecule has 2 aromatic heterocycles. The van der Waals surface area contributed by atoms with Gasteiger partial charge in [-0.25, -0.2) is 0 Å². The summed E-state index contributed by atoms with van der Waals surface area (Å²) in [4.78, 5) is 0. The van der Waals surface area contributed by atoms with Gasteiger partial charge in [0.05, 0.1) is 41.1 Å². The smallest absolute Gasteiger partial charge is 0.136 e. The second kappa shape index (κ2) is 11.2. The first-order valence-corrected chi connectivity index (χ1v) is 16.1. The van der Waals surface area contributed by atoms with E-state index in [2.05, 4.69) is 0 Å². The monoisotopic (exact) mass is 716 g/mol. The Morgan fingerprint density at radius 3 is 1.50 bits per heavy atom. The maximum absolute atomic E-state index is 10.00. The van der Waals surface area contributed by atoms with Crippen molar-refractivity contribution in [3.63, 3.8) is 0 Å². The van der Waals surface area contributed by atoms with E-state index < -0.39 is 285 Å². The molecule has 0 aliphatic rings. The van der Waals surface area contributed by atoms with Crippen LogP contribution in [-0.2, 0) is 0 Å². The fourth-order valence-corrected chi connectivity index (χ4v) is 6.96. The van der Waals surface area contributed by atoms with Gasteiger partial charge in [-0.3, -0.25) is 0 Å². The van der Waals surface area contributed by atoms with E-state index in [1.807, 2.05) is 0 Å². The van der Waals surface area contributed by atoms with Gasteiger partial charge in [0, 0.05) is 21.5 Å². The van der Waals surface area contributed by atoms with Crippen LogP contribution in [0.1, 0.15) is 41.1 Å². The summed E-state index contributed by atoms with van der Waals surface area (Å²) in [5.74, 6) is 0. The minimum Gasteiger partial charge on any atom is -0.456 e. The molecule has 0 amide bonds. The first-order chi connectivity index (χ1) is 39.3. The first kappa shape index (κ1) is 12.8. The highest BCUT2D eigenvalue weighted by molar-refractivity contribution is 6.27. The van der Waals surface area contributed by atoms with Crippen LogP contribution in [0.25, 0.3) is 120 Å². The number of rotatable bonds is 3. The van der Waals surface area contributed by atoms with Gasteiger partial charge in [0.15, 0.2) is 0 Å². The minimum atomic E-state index is -1.14. The number of furan rings is 2. The Kier molecular flexibility index (Phi) is 2.64. The van der Waals surface area contributed by atoms with Crippen LogP contribution >= 0.6 is 0 Å². The molecule has 12 rings (SSSR count). The Morgan fingerprint density at radius 1 is 0.296 bits per heavy atom. The molecule has 250 valence electrons. The van der Waals surface area contributed by atoms with Crippen molar-refractivity contribution in [3.8, 4) is 33.4 Å². The zero-order valence-electron chi connectivity index (χ0n) is 56.8. The fourth-order valence-electron chi connectivity index (χ4n) is 6.96. The Bertz CT molecular complexity index is 5170. The average molecular weight is 717 g/mol. The summed E-state index contributed by atoms with van der Waals surface area (Å²) in [7, 11) is 0. The molecule has 0 saturated heterocycles. The lowest BCUT2D eigenvalue weighted by atomic mass is 9.83. The van der Waals surface area contributed by atoms with Crippen LogP contribution in [-0.4, -0.2) is 0 Å². The van der Waals surface area contributed by atoms with Gasteiger partial charge >= 0.3 is 0 Å². The maximum atomic E-state index is 10.00. The van der Waals surface area contributed by atoms with Gasteiger partial charge < -0.3 is 8.83 Å². The lowest BCUT2D eigenvalue weighted by Crippen LogP contribution is -1.92. The second-order valence-electron chi connectivity index (χ2n) is 12.0. The lowest BCUT2D eigenvalue weighted by Gasteiger charge is -2.20. The number of hydrogen-bond donors (Lipinski definition) is 0. The van der Waals surface area contributed by atoms with Gasteiger partial charge in [-0.05, 0) is 113 Å². The van der Waals surface area contributed by atoms with Crippen LogP contribution in [0.5, 0.6) is 0 Å². The Morgan fingerprint density at radius 2 is 0.796 bits per heavy atom. The summed E-state index contributed by atoms with van der Waals surface area (Å²) >= 11 is 0. The highest BCUT2D eigenvalue weighted by atomic mass is 16.3. The molecular weight excluding hydrogens is 657 g/mol. The summed E-state index contributed by atoms with van der Waals surface area (Å²) in [5.41, 5.74) is -6.90. The number of fused-ring (bicyclic) bond motifs is 11. The SMILES string of the molecule is [2H]c1c([2H])c([2H])c2c(oc3c([2H])c([2H])c4oc5c([2H])c(-c6c([2H])c([2H])c(-c7c8c([2H])c([2H])c([2H])c([2H])c8c(-c8c([2H])c([2H])c9c([2H])c([2H])c([2H])c([2H])c9c8[2H])c8c([2H])c([2H])c([2H])c([2H])c78)c7c([2H])c([2H])c([2H])c([2H])c67)c([2H])c([2H])c5c4c32)c1[2H]. The summed E-state index contributed by atoms with van der Waals surface area (Å²) < 4.78 is 286. The third-order valence-corrected chi connectivity index (χ3v) is 9.21. The molecule has 2 heterocycles. The Balaban J connectivity index is 1.31. The minimum absolute atomic E-state index is 0.252. The molecule has 54 heavy (non-hydrogen) atoms. The molecule has 0 bridgehead atoms. The third kappa shape index (κ3) is 4.17.